The molecule has 27 heavy (non-hydrogen) atoms. The minimum Gasteiger partial charge on any atom is -0.481 e. The Hall–Kier alpha value is -3.07. The fourth-order valence-electron chi connectivity index (χ4n) is 3.01. The van der Waals surface area contributed by atoms with Gasteiger partial charge in [0.1, 0.15) is 18.0 Å². The summed E-state index contributed by atoms with van der Waals surface area (Å²) in [7, 11) is 1.59. The third-order valence-electron chi connectivity index (χ3n) is 4.47. The standard InChI is InChI=1S/C18H19FN6O2/c1-26-16-10-15(20-12-21-16)25-8-6-24(7-9-25)11-17-22-18(23-27-17)13-4-2-3-5-14(13)19/h2-5,10,12H,6-9,11H2,1H3. The molecule has 4 rings (SSSR count). The Balaban J connectivity index is 1.36. The van der Waals surface area contributed by atoms with Crippen molar-refractivity contribution in [3.05, 3.63) is 48.4 Å². The first kappa shape index (κ1) is 17.3. The maximum atomic E-state index is 13.8. The number of aromatic nitrogens is 4. The van der Waals surface area contributed by atoms with Crippen LogP contribution in [0.25, 0.3) is 11.4 Å². The Labute approximate surface area is 155 Å². The van der Waals surface area contributed by atoms with Crippen LogP contribution in [0.15, 0.2) is 41.2 Å². The van der Waals surface area contributed by atoms with Gasteiger partial charge in [0.15, 0.2) is 0 Å². The predicted molar refractivity (Wildman–Crippen MR) is 95.8 cm³/mol. The second kappa shape index (κ2) is 7.67. The number of hydrogen-bond acceptors (Lipinski definition) is 8. The summed E-state index contributed by atoms with van der Waals surface area (Å²) in [5.41, 5.74) is 0.343. The lowest BCUT2D eigenvalue weighted by molar-refractivity contribution is 0.215. The van der Waals surface area contributed by atoms with Gasteiger partial charge in [-0.1, -0.05) is 17.3 Å². The molecule has 1 aliphatic heterocycles. The van der Waals surface area contributed by atoms with E-state index in [4.69, 9.17) is 9.26 Å². The third kappa shape index (κ3) is 3.87. The highest BCUT2D eigenvalue weighted by Gasteiger charge is 2.21. The number of hydrogen-bond donors (Lipinski definition) is 0. The number of benzene rings is 1. The number of anilines is 1. The zero-order valence-electron chi connectivity index (χ0n) is 14.9. The SMILES string of the molecule is COc1cc(N2CCN(Cc3nc(-c4ccccc4F)no3)CC2)ncn1. The molecule has 0 N–H and O–H groups in total. The maximum Gasteiger partial charge on any atom is 0.241 e. The molecule has 3 aromatic rings. The molecule has 9 heteroatoms. The molecule has 0 bridgehead atoms. The summed E-state index contributed by atoms with van der Waals surface area (Å²) in [5, 5.41) is 3.90. The second-order valence-corrected chi connectivity index (χ2v) is 6.17. The maximum absolute atomic E-state index is 13.8. The van der Waals surface area contributed by atoms with E-state index in [1.54, 1.807) is 25.3 Å². The van der Waals surface area contributed by atoms with Crippen molar-refractivity contribution in [2.75, 3.05) is 38.2 Å². The molecule has 140 valence electrons. The molecule has 1 saturated heterocycles. The molecular formula is C18H19FN6O2. The van der Waals surface area contributed by atoms with Crippen LogP contribution in [-0.4, -0.2) is 58.3 Å². The van der Waals surface area contributed by atoms with Gasteiger partial charge in [0.25, 0.3) is 0 Å². The lowest BCUT2D eigenvalue weighted by atomic mass is 10.2. The highest BCUT2D eigenvalue weighted by atomic mass is 19.1. The average molecular weight is 370 g/mol. The van der Waals surface area contributed by atoms with Crippen molar-refractivity contribution in [1.29, 1.82) is 0 Å². The van der Waals surface area contributed by atoms with Gasteiger partial charge in [0.2, 0.25) is 17.6 Å². The Morgan fingerprint density at radius 3 is 2.74 bits per heavy atom. The van der Waals surface area contributed by atoms with Crippen LogP contribution in [-0.2, 0) is 6.54 Å². The van der Waals surface area contributed by atoms with E-state index >= 15 is 0 Å². The van der Waals surface area contributed by atoms with E-state index in [9.17, 15) is 4.39 Å². The Morgan fingerprint density at radius 1 is 1.15 bits per heavy atom. The van der Waals surface area contributed by atoms with Gasteiger partial charge in [-0.3, -0.25) is 4.90 Å². The van der Waals surface area contributed by atoms with Gasteiger partial charge < -0.3 is 14.2 Å². The summed E-state index contributed by atoms with van der Waals surface area (Å²) in [6.07, 6.45) is 1.50. The quantitative estimate of drug-likeness (QED) is 0.675. The molecule has 0 saturated carbocycles. The number of piperazine rings is 1. The highest BCUT2D eigenvalue weighted by molar-refractivity contribution is 5.54. The van der Waals surface area contributed by atoms with Crippen LogP contribution in [0.3, 0.4) is 0 Å². The molecule has 0 atom stereocenters. The van der Waals surface area contributed by atoms with Crippen LogP contribution in [0.4, 0.5) is 10.2 Å². The minimum absolute atomic E-state index is 0.273. The van der Waals surface area contributed by atoms with Crippen LogP contribution in [0.2, 0.25) is 0 Å². The Bertz CT molecular complexity index is 910. The second-order valence-electron chi connectivity index (χ2n) is 6.17. The van der Waals surface area contributed by atoms with Crippen molar-refractivity contribution in [3.8, 4) is 17.3 Å². The fraction of sp³-hybridized carbons (Fsp3) is 0.333. The Morgan fingerprint density at radius 2 is 1.96 bits per heavy atom. The van der Waals surface area contributed by atoms with Crippen molar-refractivity contribution < 1.29 is 13.7 Å². The predicted octanol–water partition coefficient (Wildman–Crippen LogP) is 2.00. The molecule has 1 fully saturated rings. The van der Waals surface area contributed by atoms with Crippen molar-refractivity contribution in [2.24, 2.45) is 0 Å². The number of rotatable bonds is 5. The van der Waals surface area contributed by atoms with Crippen molar-refractivity contribution in [3.63, 3.8) is 0 Å². The van der Waals surface area contributed by atoms with E-state index in [1.807, 2.05) is 6.07 Å². The largest absolute Gasteiger partial charge is 0.481 e. The van der Waals surface area contributed by atoms with Gasteiger partial charge in [-0.2, -0.15) is 4.98 Å². The molecule has 0 spiro atoms. The smallest absolute Gasteiger partial charge is 0.241 e. The van der Waals surface area contributed by atoms with Crippen molar-refractivity contribution >= 4 is 5.82 Å². The van der Waals surface area contributed by atoms with Gasteiger partial charge in [-0.15, -0.1) is 0 Å². The van der Waals surface area contributed by atoms with Crippen LogP contribution in [0.5, 0.6) is 5.88 Å². The number of halogens is 1. The van der Waals surface area contributed by atoms with Gasteiger partial charge in [-0.25, -0.2) is 14.4 Å². The number of nitrogens with zero attached hydrogens (tertiary/aromatic N) is 6. The molecule has 0 amide bonds. The summed E-state index contributed by atoms with van der Waals surface area (Å²) in [6, 6.07) is 8.22. The van der Waals surface area contributed by atoms with Gasteiger partial charge >= 0.3 is 0 Å². The van der Waals surface area contributed by atoms with E-state index in [0.29, 0.717) is 23.9 Å². The first-order valence-electron chi connectivity index (χ1n) is 8.64. The third-order valence-corrected chi connectivity index (χ3v) is 4.47. The van der Waals surface area contributed by atoms with Crippen molar-refractivity contribution in [1.82, 2.24) is 25.0 Å². The van der Waals surface area contributed by atoms with Gasteiger partial charge in [-0.05, 0) is 12.1 Å². The highest BCUT2D eigenvalue weighted by Crippen LogP contribution is 2.21. The normalized spacial score (nSPS) is 15.1. The summed E-state index contributed by atoms with van der Waals surface area (Å²) in [5.74, 6) is 1.79. The van der Waals surface area contributed by atoms with Crippen LogP contribution in [0, 0.1) is 5.82 Å². The van der Waals surface area contributed by atoms with Crippen LogP contribution >= 0.6 is 0 Å². The molecule has 2 aromatic heterocycles. The van der Waals surface area contributed by atoms with E-state index < -0.39 is 0 Å². The zero-order chi connectivity index (χ0) is 18.6. The van der Waals surface area contributed by atoms with Crippen LogP contribution in [0.1, 0.15) is 5.89 Å². The molecule has 0 radical (unpaired) electrons. The lowest BCUT2D eigenvalue weighted by Crippen LogP contribution is -2.46. The van der Waals surface area contributed by atoms with Crippen molar-refractivity contribution in [2.45, 2.75) is 6.54 Å². The summed E-state index contributed by atoms with van der Waals surface area (Å²) < 4.78 is 24.3. The average Bonchev–Trinajstić information content (AvgIpc) is 3.17. The molecular weight excluding hydrogens is 351 g/mol. The Kier molecular flexibility index (Phi) is 4.93. The molecule has 0 unspecified atom stereocenters. The molecule has 1 aromatic carbocycles. The summed E-state index contributed by atoms with van der Waals surface area (Å²) in [4.78, 5) is 17.1. The lowest BCUT2D eigenvalue weighted by Gasteiger charge is -2.34. The van der Waals surface area contributed by atoms with Gasteiger partial charge in [0.05, 0.1) is 19.2 Å². The van der Waals surface area contributed by atoms with Gasteiger partial charge in [0, 0.05) is 32.2 Å². The summed E-state index contributed by atoms with van der Waals surface area (Å²) in [6.45, 7) is 3.80. The van der Waals surface area contributed by atoms with E-state index in [-0.39, 0.29) is 11.6 Å². The topological polar surface area (TPSA) is 80.4 Å². The molecule has 1 aliphatic rings. The molecule has 0 aliphatic carbocycles. The molecule has 3 heterocycles. The first-order chi connectivity index (χ1) is 13.2. The minimum atomic E-state index is -0.362. The number of methoxy groups -OCH3 is 1. The van der Waals surface area contributed by atoms with E-state index in [2.05, 4.69) is 29.9 Å². The number of ether oxygens (including phenoxy) is 1. The fourth-order valence-corrected chi connectivity index (χ4v) is 3.01. The van der Waals surface area contributed by atoms with Crippen LogP contribution < -0.4 is 9.64 Å². The first-order valence-corrected chi connectivity index (χ1v) is 8.64. The summed E-state index contributed by atoms with van der Waals surface area (Å²) >= 11 is 0. The monoisotopic (exact) mass is 370 g/mol. The zero-order valence-corrected chi connectivity index (χ0v) is 14.9. The van der Waals surface area contributed by atoms with E-state index in [0.717, 1.165) is 32.0 Å². The van der Waals surface area contributed by atoms with E-state index in [1.165, 1.54) is 12.4 Å². The molecule has 8 nitrogen and oxygen atoms in total.